The highest BCUT2D eigenvalue weighted by Crippen LogP contribution is 2.38. The van der Waals surface area contributed by atoms with E-state index in [2.05, 4.69) is 22.0 Å². The fourth-order valence-electron chi connectivity index (χ4n) is 5.42. The van der Waals surface area contributed by atoms with E-state index in [0.29, 0.717) is 53.3 Å². The first-order chi connectivity index (χ1) is 23.3. The van der Waals surface area contributed by atoms with Crippen molar-refractivity contribution < 1.29 is 23.4 Å². The maximum absolute atomic E-state index is 14.2. The van der Waals surface area contributed by atoms with Gasteiger partial charge in [0, 0.05) is 11.1 Å². The predicted octanol–water partition coefficient (Wildman–Crippen LogP) is 6.30. The molecule has 0 spiro atoms. The number of thiazole rings is 1. The lowest BCUT2D eigenvalue weighted by Crippen LogP contribution is -2.40. The van der Waals surface area contributed by atoms with Gasteiger partial charge in [-0.3, -0.25) is 9.36 Å². The van der Waals surface area contributed by atoms with E-state index in [-0.39, 0.29) is 24.3 Å². The van der Waals surface area contributed by atoms with E-state index in [1.165, 1.54) is 35.1 Å². The molecular formula is C37H27BrFN3O5S. The molecule has 11 heteroatoms. The van der Waals surface area contributed by atoms with Crippen molar-refractivity contribution >= 4 is 45.0 Å². The Bertz CT molecular complexity index is 2280. The van der Waals surface area contributed by atoms with Crippen LogP contribution in [0.15, 0.2) is 111 Å². The summed E-state index contributed by atoms with van der Waals surface area (Å²) >= 11 is 4.75. The summed E-state index contributed by atoms with van der Waals surface area (Å²) in [5.41, 5.74) is 3.25. The third kappa shape index (κ3) is 6.45. The van der Waals surface area contributed by atoms with Crippen LogP contribution < -0.4 is 24.4 Å². The molecule has 48 heavy (non-hydrogen) atoms. The normalized spacial score (nSPS) is 14.1. The van der Waals surface area contributed by atoms with Gasteiger partial charge in [-0.05, 0) is 70.4 Å². The standard InChI is InChI=1S/C37H27BrFN3O5S/c1-3-46-36(44)31-32(23-9-5-4-6-10-23)41-37-42(33(31)24-13-15-27(39)16-14-24)35(43)30(48-37)19-22-17-28(38)34(29(18-22)45-2)47-21-26-12-8-7-11-25(26)20-40/h4-19,33H,3,21H2,1-2H3/b30-19-/t33-/m1/s1. The lowest BCUT2D eigenvalue weighted by atomic mass is 9.93. The van der Waals surface area contributed by atoms with E-state index in [1.807, 2.05) is 42.5 Å². The van der Waals surface area contributed by atoms with E-state index < -0.39 is 17.8 Å². The molecule has 240 valence electrons. The van der Waals surface area contributed by atoms with Crippen molar-refractivity contribution in [2.24, 2.45) is 4.99 Å². The Kier molecular flexibility index (Phi) is 9.66. The van der Waals surface area contributed by atoms with Crippen molar-refractivity contribution in [2.45, 2.75) is 19.6 Å². The second-order valence-electron chi connectivity index (χ2n) is 10.6. The SMILES string of the molecule is CCOC(=O)C1=C(c2ccccc2)N=c2s/c(=C\c3cc(Br)c(OCc4ccccc4C#N)c(OC)c3)c(=O)n2[C@@H]1c1ccc(F)cc1. The van der Waals surface area contributed by atoms with Gasteiger partial charge in [-0.2, -0.15) is 5.26 Å². The van der Waals surface area contributed by atoms with Crippen molar-refractivity contribution in [3.05, 3.63) is 154 Å². The van der Waals surface area contributed by atoms with Gasteiger partial charge in [-0.25, -0.2) is 14.2 Å². The number of fused-ring (bicyclic) bond motifs is 1. The van der Waals surface area contributed by atoms with Crippen LogP contribution in [0.25, 0.3) is 11.8 Å². The Balaban J connectivity index is 1.49. The molecule has 0 fully saturated rings. The number of nitriles is 1. The molecule has 0 saturated carbocycles. The molecule has 1 aromatic heterocycles. The van der Waals surface area contributed by atoms with Crippen LogP contribution in [0.5, 0.6) is 11.5 Å². The first-order valence-corrected chi connectivity index (χ1v) is 16.5. The molecule has 0 saturated heterocycles. The van der Waals surface area contributed by atoms with Gasteiger partial charge in [0.15, 0.2) is 16.3 Å². The van der Waals surface area contributed by atoms with Gasteiger partial charge in [0.1, 0.15) is 12.4 Å². The quantitative estimate of drug-likeness (QED) is 0.166. The van der Waals surface area contributed by atoms with Gasteiger partial charge in [-0.1, -0.05) is 72.0 Å². The third-order valence-corrected chi connectivity index (χ3v) is 9.19. The largest absolute Gasteiger partial charge is 0.493 e. The predicted molar refractivity (Wildman–Crippen MR) is 184 cm³/mol. The fourth-order valence-corrected chi connectivity index (χ4v) is 7.00. The molecule has 0 aliphatic carbocycles. The summed E-state index contributed by atoms with van der Waals surface area (Å²) < 4.78 is 33.6. The van der Waals surface area contributed by atoms with Crippen LogP contribution in [-0.4, -0.2) is 24.3 Å². The Morgan fingerprint density at radius 2 is 1.81 bits per heavy atom. The molecule has 1 aliphatic rings. The number of rotatable bonds is 9. The molecule has 0 amide bonds. The zero-order chi connectivity index (χ0) is 33.8. The highest BCUT2D eigenvalue weighted by Gasteiger charge is 2.35. The van der Waals surface area contributed by atoms with Crippen molar-refractivity contribution in [1.82, 2.24) is 4.57 Å². The fraction of sp³-hybridized carbons (Fsp3) is 0.135. The Hall–Kier alpha value is -5.31. The van der Waals surface area contributed by atoms with Gasteiger partial charge >= 0.3 is 5.97 Å². The minimum Gasteiger partial charge on any atom is -0.493 e. The Morgan fingerprint density at radius 1 is 1.08 bits per heavy atom. The minimum atomic E-state index is -0.924. The van der Waals surface area contributed by atoms with Gasteiger partial charge in [0.2, 0.25) is 0 Å². The van der Waals surface area contributed by atoms with Crippen LogP contribution in [0.4, 0.5) is 4.39 Å². The molecule has 1 aliphatic heterocycles. The molecular weight excluding hydrogens is 697 g/mol. The molecule has 6 rings (SSSR count). The van der Waals surface area contributed by atoms with Crippen molar-refractivity contribution in [3.63, 3.8) is 0 Å². The summed E-state index contributed by atoms with van der Waals surface area (Å²) in [5.74, 6) is -0.215. The smallest absolute Gasteiger partial charge is 0.338 e. The summed E-state index contributed by atoms with van der Waals surface area (Å²) in [5, 5.41) is 9.44. The number of carbonyl (C=O) groups is 1. The summed E-state index contributed by atoms with van der Waals surface area (Å²) in [6, 6.07) is 26.9. The molecule has 4 aromatic carbocycles. The first-order valence-electron chi connectivity index (χ1n) is 14.8. The zero-order valence-corrected chi connectivity index (χ0v) is 28.2. The lowest BCUT2D eigenvalue weighted by molar-refractivity contribution is -0.138. The molecule has 0 N–H and O–H groups in total. The third-order valence-electron chi connectivity index (χ3n) is 7.62. The summed E-state index contributed by atoms with van der Waals surface area (Å²) in [6.07, 6.45) is 1.71. The second kappa shape index (κ2) is 14.2. The van der Waals surface area contributed by atoms with Gasteiger partial charge in [0.25, 0.3) is 5.56 Å². The van der Waals surface area contributed by atoms with Crippen molar-refractivity contribution in [1.29, 1.82) is 5.26 Å². The highest BCUT2D eigenvalue weighted by molar-refractivity contribution is 9.10. The van der Waals surface area contributed by atoms with Gasteiger partial charge in [0.05, 0.1) is 51.7 Å². The second-order valence-corrected chi connectivity index (χ2v) is 12.4. The Labute approximate surface area is 287 Å². The number of carbonyl (C=O) groups excluding carboxylic acids is 1. The molecule has 0 bridgehead atoms. The first kappa shape index (κ1) is 32.6. The maximum atomic E-state index is 14.2. The van der Waals surface area contributed by atoms with Gasteiger partial charge in [-0.15, -0.1) is 0 Å². The minimum absolute atomic E-state index is 0.117. The number of ether oxygens (including phenoxy) is 3. The van der Waals surface area contributed by atoms with Crippen LogP contribution in [0, 0.1) is 17.1 Å². The molecule has 1 atom stereocenters. The number of nitrogens with zero attached hydrogens (tertiary/aromatic N) is 3. The number of hydrogen-bond donors (Lipinski definition) is 0. The number of methoxy groups -OCH3 is 1. The monoisotopic (exact) mass is 723 g/mol. The average molecular weight is 725 g/mol. The van der Waals surface area contributed by atoms with E-state index in [0.717, 1.165) is 5.56 Å². The number of aromatic nitrogens is 1. The maximum Gasteiger partial charge on any atom is 0.338 e. The van der Waals surface area contributed by atoms with Crippen LogP contribution in [0.1, 0.15) is 40.8 Å². The summed E-state index contributed by atoms with van der Waals surface area (Å²) in [7, 11) is 1.51. The summed E-state index contributed by atoms with van der Waals surface area (Å²) in [4.78, 5) is 33.0. The number of halogens is 2. The summed E-state index contributed by atoms with van der Waals surface area (Å²) in [6.45, 7) is 1.97. The average Bonchev–Trinajstić information content (AvgIpc) is 3.41. The highest BCUT2D eigenvalue weighted by atomic mass is 79.9. The number of benzene rings is 4. The number of esters is 1. The van der Waals surface area contributed by atoms with Crippen LogP contribution >= 0.6 is 27.3 Å². The molecule has 0 unspecified atom stereocenters. The van der Waals surface area contributed by atoms with E-state index in [1.54, 1.807) is 49.4 Å². The van der Waals surface area contributed by atoms with Crippen molar-refractivity contribution in [3.8, 4) is 17.6 Å². The van der Waals surface area contributed by atoms with Crippen molar-refractivity contribution in [2.75, 3.05) is 13.7 Å². The van der Waals surface area contributed by atoms with Crippen LogP contribution in [0.2, 0.25) is 0 Å². The number of hydrogen-bond acceptors (Lipinski definition) is 8. The van der Waals surface area contributed by atoms with Crippen LogP contribution in [0.3, 0.4) is 0 Å². The Morgan fingerprint density at radius 3 is 2.52 bits per heavy atom. The van der Waals surface area contributed by atoms with E-state index in [9.17, 15) is 19.2 Å². The molecule has 0 radical (unpaired) electrons. The zero-order valence-electron chi connectivity index (χ0n) is 25.8. The lowest BCUT2D eigenvalue weighted by Gasteiger charge is -2.25. The molecule has 8 nitrogen and oxygen atoms in total. The molecule has 5 aromatic rings. The van der Waals surface area contributed by atoms with Crippen LogP contribution in [-0.2, 0) is 16.1 Å². The van der Waals surface area contributed by atoms with E-state index in [4.69, 9.17) is 19.2 Å². The van der Waals surface area contributed by atoms with E-state index >= 15 is 0 Å². The van der Waals surface area contributed by atoms with Gasteiger partial charge < -0.3 is 14.2 Å². The molecule has 2 heterocycles. The topological polar surface area (TPSA) is 103 Å².